The highest BCUT2D eigenvalue weighted by molar-refractivity contribution is 5.79. The molecule has 1 heterocycles. The van der Waals surface area contributed by atoms with E-state index >= 15 is 0 Å². The van der Waals surface area contributed by atoms with Gasteiger partial charge in [0.05, 0.1) is 12.5 Å². The Hall–Kier alpha value is -1.30. The number of nitrogens with one attached hydrogen (secondary N) is 2. The summed E-state index contributed by atoms with van der Waals surface area (Å²) in [4.78, 5) is 21.9. The predicted octanol–water partition coefficient (Wildman–Crippen LogP) is -0.414. The molecular formula is C10H19N3O3. The molecule has 0 aromatic carbocycles. The van der Waals surface area contributed by atoms with Gasteiger partial charge in [0.2, 0.25) is 5.91 Å². The second kappa shape index (κ2) is 6.32. The molecule has 6 nitrogen and oxygen atoms in total. The Balaban J connectivity index is 2.12. The zero-order valence-corrected chi connectivity index (χ0v) is 9.49. The fourth-order valence-electron chi connectivity index (χ4n) is 1.69. The van der Waals surface area contributed by atoms with E-state index in [0.29, 0.717) is 19.1 Å². The highest BCUT2D eigenvalue weighted by atomic mass is 16.5. The lowest BCUT2D eigenvalue weighted by Crippen LogP contribution is -2.44. The minimum absolute atomic E-state index is 0.00692. The van der Waals surface area contributed by atoms with Crippen LogP contribution < -0.4 is 16.4 Å². The van der Waals surface area contributed by atoms with Gasteiger partial charge >= 0.3 is 6.09 Å². The van der Waals surface area contributed by atoms with Crippen LogP contribution in [0.4, 0.5) is 4.79 Å². The quantitative estimate of drug-likeness (QED) is 0.571. The summed E-state index contributed by atoms with van der Waals surface area (Å²) < 4.78 is 4.51. The zero-order chi connectivity index (χ0) is 12.0. The van der Waals surface area contributed by atoms with Crippen LogP contribution >= 0.6 is 0 Å². The monoisotopic (exact) mass is 229 g/mol. The van der Waals surface area contributed by atoms with E-state index in [1.54, 1.807) is 0 Å². The minimum atomic E-state index is -0.817. The molecule has 16 heavy (non-hydrogen) atoms. The topological polar surface area (TPSA) is 93.4 Å². The van der Waals surface area contributed by atoms with Crippen molar-refractivity contribution in [3.63, 3.8) is 0 Å². The van der Waals surface area contributed by atoms with E-state index in [-0.39, 0.29) is 18.4 Å². The molecule has 0 aromatic rings. The van der Waals surface area contributed by atoms with Crippen molar-refractivity contribution in [2.45, 2.75) is 25.8 Å². The summed E-state index contributed by atoms with van der Waals surface area (Å²) in [6, 6.07) is 0.488. The van der Waals surface area contributed by atoms with Crippen molar-refractivity contribution in [2.75, 3.05) is 19.7 Å². The van der Waals surface area contributed by atoms with Crippen LogP contribution in [0.25, 0.3) is 0 Å². The molecule has 2 atom stereocenters. The Morgan fingerprint density at radius 2 is 2.25 bits per heavy atom. The standard InChI is InChI=1S/C10H19N3O3/c1-7-2-3-8(6-13-7)9(14)12-4-5-16-10(11)15/h7-8,13H,2-6H2,1H3,(H2,11,15)(H,12,14). The first-order valence-electron chi connectivity index (χ1n) is 5.53. The Morgan fingerprint density at radius 1 is 1.50 bits per heavy atom. The Labute approximate surface area is 94.9 Å². The molecule has 1 saturated heterocycles. The third-order valence-corrected chi connectivity index (χ3v) is 2.68. The lowest BCUT2D eigenvalue weighted by molar-refractivity contribution is -0.125. The molecule has 0 bridgehead atoms. The SMILES string of the molecule is CC1CCC(C(=O)NCCOC(N)=O)CN1. The van der Waals surface area contributed by atoms with E-state index in [1.807, 2.05) is 0 Å². The van der Waals surface area contributed by atoms with Gasteiger partial charge in [0, 0.05) is 12.6 Å². The Morgan fingerprint density at radius 3 is 2.81 bits per heavy atom. The summed E-state index contributed by atoms with van der Waals surface area (Å²) in [5, 5.41) is 5.97. The van der Waals surface area contributed by atoms with E-state index < -0.39 is 6.09 Å². The number of nitrogens with two attached hydrogens (primary N) is 1. The van der Waals surface area contributed by atoms with Gasteiger partial charge in [0.25, 0.3) is 0 Å². The van der Waals surface area contributed by atoms with Crippen LogP contribution in [-0.2, 0) is 9.53 Å². The highest BCUT2D eigenvalue weighted by Crippen LogP contribution is 2.13. The predicted molar refractivity (Wildman–Crippen MR) is 58.7 cm³/mol. The second-order valence-corrected chi connectivity index (χ2v) is 4.04. The fraction of sp³-hybridized carbons (Fsp3) is 0.800. The molecule has 4 N–H and O–H groups in total. The van der Waals surface area contributed by atoms with Crippen LogP contribution in [0.1, 0.15) is 19.8 Å². The number of primary amides is 1. The van der Waals surface area contributed by atoms with Gasteiger partial charge in [0.15, 0.2) is 0 Å². The molecule has 6 heteroatoms. The zero-order valence-electron chi connectivity index (χ0n) is 9.49. The number of hydrogen-bond acceptors (Lipinski definition) is 4. The maximum absolute atomic E-state index is 11.6. The van der Waals surface area contributed by atoms with Gasteiger partial charge in [0.1, 0.15) is 6.61 Å². The first-order valence-corrected chi connectivity index (χ1v) is 5.53. The molecule has 1 aliphatic heterocycles. The van der Waals surface area contributed by atoms with Gasteiger partial charge in [-0.15, -0.1) is 0 Å². The van der Waals surface area contributed by atoms with Crippen molar-refractivity contribution >= 4 is 12.0 Å². The summed E-state index contributed by atoms with van der Waals surface area (Å²) >= 11 is 0. The third-order valence-electron chi connectivity index (χ3n) is 2.68. The molecule has 1 aliphatic rings. The molecule has 1 fully saturated rings. The molecule has 0 aliphatic carbocycles. The molecular weight excluding hydrogens is 210 g/mol. The molecule has 0 aromatic heterocycles. The summed E-state index contributed by atoms with van der Waals surface area (Å²) in [5.74, 6) is 0.0252. The van der Waals surface area contributed by atoms with Crippen molar-refractivity contribution in [1.82, 2.24) is 10.6 Å². The van der Waals surface area contributed by atoms with E-state index in [0.717, 1.165) is 12.8 Å². The van der Waals surface area contributed by atoms with Crippen LogP contribution in [0, 0.1) is 5.92 Å². The first-order chi connectivity index (χ1) is 7.59. The molecule has 1 rings (SSSR count). The molecule has 0 spiro atoms. The Kier molecular flexibility index (Phi) is 5.04. The van der Waals surface area contributed by atoms with Gasteiger partial charge in [-0.25, -0.2) is 4.79 Å². The van der Waals surface area contributed by atoms with Gasteiger partial charge < -0.3 is 21.1 Å². The lowest BCUT2D eigenvalue weighted by Gasteiger charge is -2.26. The van der Waals surface area contributed by atoms with E-state index in [4.69, 9.17) is 5.73 Å². The van der Waals surface area contributed by atoms with Crippen molar-refractivity contribution < 1.29 is 14.3 Å². The Bertz CT molecular complexity index is 250. The number of ether oxygens (including phenoxy) is 1. The van der Waals surface area contributed by atoms with Crippen molar-refractivity contribution in [1.29, 1.82) is 0 Å². The lowest BCUT2D eigenvalue weighted by atomic mass is 9.95. The number of amides is 2. The first kappa shape index (κ1) is 12.8. The molecule has 92 valence electrons. The number of piperidine rings is 1. The summed E-state index contributed by atoms with van der Waals surface area (Å²) in [7, 11) is 0. The second-order valence-electron chi connectivity index (χ2n) is 4.04. The van der Waals surface area contributed by atoms with Crippen molar-refractivity contribution in [3.05, 3.63) is 0 Å². The third kappa shape index (κ3) is 4.48. The van der Waals surface area contributed by atoms with Gasteiger partial charge in [-0.2, -0.15) is 0 Å². The van der Waals surface area contributed by atoms with Gasteiger partial charge in [-0.05, 0) is 19.8 Å². The van der Waals surface area contributed by atoms with Gasteiger partial charge in [-0.1, -0.05) is 0 Å². The number of carbonyl (C=O) groups excluding carboxylic acids is 2. The summed E-state index contributed by atoms with van der Waals surface area (Å²) in [5.41, 5.74) is 4.78. The summed E-state index contributed by atoms with van der Waals surface area (Å²) in [6.07, 6.45) is 1.09. The van der Waals surface area contributed by atoms with Gasteiger partial charge in [-0.3, -0.25) is 4.79 Å². The molecule has 2 unspecified atom stereocenters. The normalized spacial score (nSPS) is 24.8. The van der Waals surface area contributed by atoms with Crippen molar-refractivity contribution in [2.24, 2.45) is 11.7 Å². The number of hydrogen-bond donors (Lipinski definition) is 3. The van der Waals surface area contributed by atoms with Crippen LogP contribution in [0.2, 0.25) is 0 Å². The maximum Gasteiger partial charge on any atom is 0.404 e. The van der Waals surface area contributed by atoms with Crippen LogP contribution in [-0.4, -0.2) is 37.7 Å². The average Bonchev–Trinajstić information content (AvgIpc) is 2.25. The maximum atomic E-state index is 11.6. The average molecular weight is 229 g/mol. The van der Waals surface area contributed by atoms with E-state index in [9.17, 15) is 9.59 Å². The van der Waals surface area contributed by atoms with Crippen molar-refractivity contribution in [3.8, 4) is 0 Å². The fourth-order valence-corrected chi connectivity index (χ4v) is 1.69. The molecule has 0 saturated carbocycles. The summed E-state index contributed by atoms with van der Waals surface area (Å²) in [6.45, 7) is 3.25. The largest absolute Gasteiger partial charge is 0.448 e. The van der Waals surface area contributed by atoms with E-state index in [2.05, 4.69) is 22.3 Å². The van der Waals surface area contributed by atoms with E-state index in [1.165, 1.54) is 0 Å². The number of carbonyl (C=O) groups is 2. The highest BCUT2D eigenvalue weighted by Gasteiger charge is 2.23. The van der Waals surface area contributed by atoms with Crippen LogP contribution in [0.3, 0.4) is 0 Å². The molecule has 2 amide bonds. The smallest absolute Gasteiger partial charge is 0.404 e. The van der Waals surface area contributed by atoms with Crippen LogP contribution in [0.15, 0.2) is 0 Å². The minimum Gasteiger partial charge on any atom is -0.448 e. The number of rotatable bonds is 4. The van der Waals surface area contributed by atoms with Crippen LogP contribution in [0.5, 0.6) is 0 Å². The molecule has 0 radical (unpaired) electrons.